The number of H-pyrrole nitrogens is 1. The Kier molecular flexibility index (Phi) is 4.07. The molecule has 0 spiro atoms. The van der Waals surface area contributed by atoms with E-state index in [1.54, 1.807) is 6.07 Å². The molecule has 1 heterocycles. The largest absolute Gasteiger partial charge is 0.465 e. The summed E-state index contributed by atoms with van der Waals surface area (Å²) >= 11 is 6.07. The van der Waals surface area contributed by atoms with E-state index < -0.39 is 28.6 Å². The van der Waals surface area contributed by atoms with Gasteiger partial charge in [0.1, 0.15) is 17.2 Å². The Morgan fingerprint density at radius 2 is 1.96 bits per heavy atom. The Bertz CT molecular complexity index is 1030. The smallest absolute Gasteiger partial charge is 0.344 e. The number of ether oxygens (including phenoxy) is 1. The predicted molar refractivity (Wildman–Crippen MR) is 86.3 cm³/mol. The van der Waals surface area contributed by atoms with Crippen molar-refractivity contribution in [3.63, 3.8) is 0 Å². The highest BCUT2D eigenvalue weighted by Crippen LogP contribution is 2.28. The van der Waals surface area contributed by atoms with Gasteiger partial charge in [-0.15, -0.1) is 0 Å². The van der Waals surface area contributed by atoms with E-state index >= 15 is 0 Å². The van der Waals surface area contributed by atoms with E-state index in [9.17, 15) is 18.4 Å². The number of fused-ring (bicyclic) bond motifs is 1. The average Bonchev–Trinajstić information content (AvgIpc) is 2.57. The predicted octanol–water partition coefficient (Wildman–Crippen LogP) is 3.91. The Morgan fingerprint density at radius 3 is 2.67 bits per heavy atom. The van der Waals surface area contributed by atoms with Crippen LogP contribution in [0.4, 0.5) is 8.78 Å². The summed E-state index contributed by atoms with van der Waals surface area (Å²) < 4.78 is 32.3. The third-order valence-electron chi connectivity index (χ3n) is 3.57. The first-order chi connectivity index (χ1) is 11.4. The van der Waals surface area contributed by atoms with E-state index in [0.29, 0.717) is 0 Å². The van der Waals surface area contributed by atoms with Crippen LogP contribution in [0, 0.1) is 11.6 Å². The number of halogens is 3. The van der Waals surface area contributed by atoms with Crippen molar-refractivity contribution in [3.05, 3.63) is 68.8 Å². The SMILES string of the molecule is COC(=O)c1c(-c2cc(F)ccc2F)[nH]c2c(Cl)cccc2c1=O. The Morgan fingerprint density at radius 1 is 1.21 bits per heavy atom. The number of aromatic nitrogens is 1. The van der Waals surface area contributed by atoms with Crippen LogP contribution in [0.2, 0.25) is 5.02 Å². The van der Waals surface area contributed by atoms with Crippen molar-refractivity contribution < 1.29 is 18.3 Å². The maximum Gasteiger partial charge on any atom is 0.344 e. The van der Waals surface area contributed by atoms with E-state index in [1.165, 1.54) is 12.1 Å². The molecule has 0 radical (unpaired) electrons. The lowest BCUT2D eigenvalue weighted by atomic mass is 10.0. The van der Waals surface area contributed by atoms with Crippen LogP contribution in [-0.2, 0) is 4.74 Å². The second kappa shape index (κ2) is 6.05. The highest BCUT2D eigenvalue weighted by atomic mass is 35.5. The number of benzene rings is 2. The number of methoxy groups -OCH3 is 1. The van der Waals surface area contributed by atoms with Crippen molar-refractivity contribution in [1.29, 1.82) is 0 Å². The van der Waals surface area contributed by atoms with E-state index in [0.717, 1.165) is 25.3 Å². The normalized spacial score (nSPS) is 10.8. The molecule has 1 N–H and O–H groups in total. The molecule has 3 aromatic rings. The minimum absolute atomic E-state index is 0.142. The Labute approximate surface area is 139 Å². The summed E-state index contributed by atoms with van der Waals surface area (Å²) in [4.78, 5) is 27.5. The molecular weight excluding hydrogens is 340 g/mol. The first-order valence-electron chi connectivity index (χ1n) is 6.82. The van der Waals surface area contributed by atoms with Gasteiger partial charge in [-0.1, -0.05) is 17.7 Å². The molecule has 0 saturated heterocycles. The number of hydrogen-bond donors (Lipinski definition) is 1. The number of esters is 1. The molecule has 0 amide bonds. The van der Waals surface area contributed by atoms with Crippen molar-refractivity contribution in [3.8, 4) is 11.3 Å². The number of hydrogen-bond acceptors (Lipinski definition) is 3. The summed E-state index contributed by atoms with van der Waals surface area (Å²) in [5, 5.41) is 0.350. The second-order valence-corrected chi connectivity index (χ2v) is 5.39. The first-order valence-corrected chi connectivity index (χ1v) is 7.20. The molecule has 0 aliphatic heterocycles. The van der Waals surface area contributed by atoms with Crippen molar-refractivity contribution in [2.24, 2.45) is 0 Å². The van der Waals surface area contributed by atoms with Crippen LogP contribution in [0.25, 0.3) is 22.2 Å². The number of para-hydroxylation sites is 1. The van der Waals surface area contributed by atoms with Gasteiger partial charge >= 0.3 is 5.97 Å². The number of carbonyl (C=O) groups is 1. The summed E-state index contributed by atoms with van der Waals surface area (Å²) in [6.07, 6.45) is 0. The van der Waals surface area contributed by atoms with Gasteiger partial charge in [-0.25, -0.2) is 13.6 Å². The molecule has 0 atom stereocenters. The van der Waals surface area contributed by atoms with E-state index in [-0.39, 0.29) is 27.2 Å². The molecule has 7 heteroatoms. The number of pyridine rings is 1. The van der Waals surface area contributed by atoms with Crippen molar-refractivity contribution in [2.75, 3.05) is 7.11 Å². The van der Waals surface area contributed by atoms with Crippen molar-refractivity contribution >= 4 is 28.5 Å². The molecular formula is C17H10ClF2NO3. The van der Waals surface area contributed by atoms with Gasteiger partial charge < -0.3 is 9.72 Å². The fraction of sp³-hybridized carbons (Fsp3) is 0.0588. The van der Waals surface area contributed by atoms with Gasteiger partial charge in [0.25, 0.3) is 0 Å². The molecule has 122 valence electrons. The van der Waals surface area contributed by atoms with Gasteiger partial charge in [0.15, 0.2) is 0 Å². The fourth-order valence-electron chi connectivity index (χ4n) is 2.46. The third-order valence-corrected chi connectivity index (χ3v) is 3.89. The fourth-order valence-corrected chi connectivity index (χ4v) is 2.69. The van der Waals surface area contributed by atoms with Crippen LogP contribution in [-0.4, -0.2) is 18.1 Å². The molecule has 0 bridgehead atoms. The molecule has 0 saturated carbocycles. The van der Waals surface area contributed by atoms with Crippen LogP contribution >= 0.6 is 11.6 Å². The number of nitrogens with one attached hydrogen (secondary N) is 1. The molecule has 24 heavy (non-hydrogen) atoms. The molecule has 4 nitrogen and oxygen atoms in total. The van der Waals surface area contributed by atoms with Gasteiger partial charge in [0.05, 0.1) is 23.3 Å². The maximum atomic E-state index is 14.2. The topological polar surface area (TPSA) is 59.2 Å². The van der Waals surface area contributed by atoms with Crippen molar-refractivity contribution in [1.82, 2.24) is 4.98 Å². The third kappa shape index (κ3) is 2.55. The number of carbonyl (C=O) groups excluding carboxylic acids is 1. The van der Waals surface area contributed by atoms with Crippen molar-refractivity contribution in [2.45, 2.75) is 0 Å². The molecule has 0 fully saturated rings. The zero-order valence-electron chi connectivity index (χ0n) is 12.3. The molecule has 3 rings (SSSR count). The standard InChI is InChI=1S/C17H10ClF2NO3/c1-24-17(23)13-15(10-7-8(19)5-6-12(10)20)21-14-9(16(13)22)3-2-4-11(14)18/h2-7H,1H3,(H,21,22). The summed E-state index contributed by atoms with van der Waals surface area (Å²) in [6, 6.07) is 7.27. The van der Waals surface area contributed by atoms with Crippen LogP contribution in [0.15, 0.2) is 41.2 Å². The second-order valence-electron chi connectivity index (χ2n) is 4.98. The van der Waals surface area contributed by atoms with E-state index in [2.05, 4.69) is 9.72 Å². The number of rotatable bonds is 2. The summed E-state index contributed by atoms with van der Waals surface area (Å²) in [5.74, 6) is -2.48. The van der Waals surface area contributed by atoms with Gasteiger partial charge in [-0.2, -0.15) is 0 Å². The Balaban J connectivity index is 2.50. The van der Waals surface area contributed by atoms with Crippen LogP contribution in [0.1, 0.15) is 10.4 Å². The monoisotopic (exact) mass is 349 g/mol. The zero-order valence-corrected chi connectivity index (χ0v) is 13.1. The molecule has 0 aliphatic rings. The highest BCUT2D eigenvalue weighted by Gasteiger charge is 2.23. The summed E-state index contributed by atoms with van der Waals surface area (Å²) in [6.45, 7) is 0. The Hall–Kier alpha value is -2.73. The van der Waals surface area contributed by atoms with Crippen LogP contribution in [0.5, 0.6) is 0 Å². The highest BCUT2D eigenvalue weighted by molar-refractivity contribution is 6.35. The lowest BCUT2D eigenvalue weighted by Crippen LogP contribution is -2.20. The van der Waals surface area contributed by atoms with Gasteiger partial charge in [-0.05, 0) is 30.3 Å². The van der Waals surface area contributed by atoms with Gasteiger partial charge in [-0.3, -0.25) is 4.79 Å². The minimum Gasteiger partial charge on any atom is -0.465 e. The van der Waals surface area contributed by atoms with E-state index in [4.69, 9.17) is 11.6 Å². The molecule has 0 unspecified atom stereocenters. The van der Waals surface area contributed by atoms with Crippen LogP contribution < -0.4 is 5.43 Å². The number of aromatic amines is 1. The van der Waals surface area contributed by atoms with Crippen LogP contribution in [0.3, 0.4) is 0 Å². The molecule has 1 aromatic heterocycles. The summed E-state index contributed by atoms with van der Waals surface area (Å²) in [5.41, 5.74) is -1.34. The van der Waals surface area contributed by atoms with E-state index in [1.807, 2.05) is 0 Å². The average molecular weight is 350 g/mol. The zero-order chi connectivity index (χ0) is 17.4. The lowest BCUT2D eigenvalue weighted by Gasteiger charge is -2.12. The summed E-state index contributed by atoms with van der Waals surface area (Å²) in [7, 11) is 1.09. The molecule has 2 aromatic carbocycles. The quantitative estimate of drug-likeness (QED) is 0.713. The lowest BCUT2D eigenvalue weighted by molar-refractivity contribution is 0.0600. The first kappa shape index (κ1) is 16.1. The minimum atomic E-state index is -0.961. The van der Waals surface area contributed by atoms with Gasteiger partial charge in [0, 0.05) is 10.9 Å². The van der Waals surface area contributed by atoms with Gasteiger partial charge in [0.2, 0.25) is 5.43 Å². The maximum absolute atomic E-state index is 14.2. The molecule has 0 aliphatic carbocycles.